The summed E-state index contributed by atoms with van der Waals surface area (Å²) >= 11 is 0. The fourth-order valence-electron chi connectivity index (χ4n) is 3.97. The van der Waals surface area contributed by atoms with Crippen molar-refractivity contribution in [3.05, 3.63) is 54.6 Å². The summed E-state index contributed by atoms with van der Waals surface area (Å²) in [5.41, 5.74) is 2.01. The number of anilines is 2. The zero-order valence-electron chi connectivity index (χ0n) is 16.1. The van der Waals surface area contributed by atoms with Crippen LogP contribution in [0, 0.1) is 5.92 Å². The van der Waals surface area contributed by atoms with Crippen molar-refractivity contribution < 1.29 is 14.3 Å². The largest absolute Gasteiger partial charge is 0.497 e. The molecule has 2 aromatic rings. The Hall–Kier alpha value is -3.02. The minimum Gasteiger partial charge on any atom is -0.497 e. The summed E-state index contributed by atoms with van der Waals surface area (Å²) in [4.78, 5) is 31.3. The van der Waals surface area contributed by atoms with E-state index in [0.29, 0.717) is 26.1 Å². The van der Waals surface area contributed by atoms with E-state index in [2.05, 4.69) is 4.90 Å². The van der Waals surface area contributed by atoms with Crippen molar-refractivity contribution in [3.63, 3.8) is 0 Å². The van der Waals surface area contributed by atoms with Gasteiger partial charge in [0.05, 0.1) is 13.0 Å². The zero-order valence-corrected chi connectivity index (χ0v) is 16.1. The molecule has 6 heteroatoms. The number of carbonyl (C=O) groups excluding carboxylic acids is 2. The van der Waals surface area contributed by atoms with E-state index in [9.17, 15) is 9.59 Å². The van der Waals surface area contributed by atoms with E-state index in [1.54, 1.807) is 12.0 Å². The fourth-order valence-corrected chi connectivity index (χ4v) is 3.97. The number of hydrogen-bond acceptors (Lipinski definition) is 4. The summed E-state index contributed by atoms with van der Waals surface area (Å²) in [6, 6.07) is 17.6. The molecule has 2 aliphatic rings. The quantitative estimate of drug-likeness (QED) is 0.819. The molecule has 146 valence electrons. The Morgan fingerprint density at radius 1 is 0.929 bits per heavy atom. The lowest BCUT2D eigenvalue weighted by Gasteiger charge is -2.37. The highest BCUT2D eigenvalue weighted by atomic mass is 16.5. The highest BCUT2D eigenvalue weighted by molar-refractivity contribution is 6.00. The molecule has 0 aliphatic carbocycles. The first-order valence-electron chi connectivity index (χ1n) is 9.69. The molecule has 2 amide bonds. The maximum Gasteiger partial charge on any atom is 0.228 e. The molecule has 6 nitrogen and oxygen atoms in total. The van der Waals surface area contributed by atoms with Gasteiger partial charge in [0.15, 0.2) is 0 Å². The minimum absolute atomic E-state index is 0.0291. The average Bonchev–Trinajstić information content (AvgIpc) is 3.15. The third-order valence-corrected chi connectivity index (χ3v) is 5.57. The van der Waals surface area contributed by atoms with Crippen molar-refractivity contribution in [2.45, 2.75) is 6.42 Å². The lowest BCUT2D eigenvalue weighted by atomic mass is 10.1. The molecular weight excluding hydrogens is 354 g/mol. The van der Waals surface area contributed by atoms with Crippen molar-refractivity contribution in [3.8, 4) is 5.75 Å². The van der Waals surface area contributed by atoms with E-state index in [1.165, 1.54) is 0 Å². The van der Waals surface area contributed by atoms with Crippen molar-refractivity contribution in [2.75, 3.05) is 49.6 Å². The summed E-state index contributed by atoms with van der Waals surface area (Å²) in [7, 11) is 1.66. The number of amides is 2. The number of benzene rings is 2. The molecule has 0 aromatic heterocycles. The first-order valence-corrected chi connectivity index (χ1v) is 9.69. The second kappa shape index (κ2) is 7.92. The minimum atomic E-state index is -0.250. The Labute approximate surface area is 165 Å². The number of carbonyl (C=O) groups is 2. The second-order valence-corrected chi connectivity index (χ2v) is 7.25. The van der Waals surface area contributed by atoms with Crippen LogP contribution in [0.25, 0.3) is 0 Å². The highest BCUT2D eigenvalue weighted by Gasteiger charge is 2.37. The lowest BCUT2D eigenvalue weighted by Crippen LogP contribution is -2.50. The van der Waals surface area contributed by atoms with Crippen LogP contribution in [-0.2, 0) is 9.59 Å². The Morgan fingerprint density at radius 2 is 1.61 bits per heavy atom. The van der Waals surface area contributed by atoms with Gasteiger partial charge in [-0.15, -0.1) is 0 Å². The SMILES string of the molecule is COc1ccc(N2CCN(C(=O)C3CC(=O)N(c4ccccc4)C3)CC2)cc1. The Balaban J connectivity index is 1.34. The van der Waals surface area contributed by atoms with E-state index >= 15 is 0 Å². The molecular formula is C22H25N3O3. The molecule has 1 unspecified atom stereocenters. The van der Waals surface area contributed by atoms with Crippen LogP contribution < -0.4 is 14.5 Å². The van der Waals surface area contributed by atoms with Crippen molar-refractivity contribution in [1.82, 2.24) is 4.90 Å². The third-order valence-electron chi connectivity index (χ3n) is 5.57. The predicted molar refractivity (Wildman–Crippen MR) is 109 cm³/mol. The molecule has 2 fully saturated rings. The number of ether oxygens (including phenoxy) is 1. The van der Waals surface area contributed by atoms with E-state index in [0.717, 1.165) is 30.2 Å². The van der Waals surface area contributed by atoms with Crippen LogP contribution in [0.15, 0.2) is 54.6 Å². The number of rotatable bonds is 4. The molecule has 2 aromatic carbocycles. The normalized spacial score (nSPS) is 19.8. The molecule has 0 saturated carbocycles. The first kappa shape index (κ1) is 18.3. The molecule has 0 bridgehead atoms. The van der Waals surface area contributed by atoms with E-state index in [4.69, 9.17) is 4.74 Å². The van der Waals surface area contributed by atoms with Crippen molar-refractivity contribution >= 4 is 23.2 Å². The van der Waals surface area contributed by atoms with Gasteiger partial charge in [0.25, 0.3) is 0 Å². The summed E-state index contributed by atoms with van der Waals surface area (Å²) in [6.45, 7) is 3.42. The summed E-state index contributed by atoms with van der Waals surface area (Å²) in [5.74, 6) is 0.717. The van der Waals surface area contributed by atoms with Crippen LogP contribution in [0.1, 0.15) is 6.42 Å². The number of nitrogens with zero attached hydrogens (tertiary/aromatic N) is 3. The van der Waals surface area contributed by atoms with E-state index in [1.807, 2.05) is 59.5 Å². The maximum absolute atomic E-state index is 13.0. The van der Waals surface area contributed by atoms with Gasteiger partial charge in [0.2, 0.25) is 11.8 Å². The number of methoxy groups -OCH3 is 1. The fraction of sp³-hybridized carbons (Fsp3) is 0.364. The summed E-state index contributed by atoms with van der Waals surface area (Å²) in [6.07, 6.45) is 0.298. The average molecular weight is 379 g/mol. The van der Waals surface area contributed by atoms with Gasteiger partial charge in [0.1, 0.15) is 5.75 Å². The number of piperazine rings is 1. The predicted octanol–water partition coefficient (Wildman–Crippen LogP) is 2.40. The molecule has 0 spiro atoms. The molecule has 2 aliphatic heterocycles. The molecule has 0 N–H and O–H groups in total. The Kier molecular flexibility index (Phi) is 5.19. The van der Waals surface area contributed by atoms with Crippen LogP contribution >= 0.6 is 0 Å². The standard InChI is InChI=1S/C22H25N3O3/c1-28-20-9-7-18(8-10-20)23-11-13-24(14-12-23)22(27)17-15-21(26)25(16-17)19-5-3-2-4-6-19/h2-10,17H,11-16H2,1H3. The topological polar surface area (TPSA) is 53.1 Å². The first-order chi connectivity index (χ1) is 13.7. The molecule has 1 atom stereocenters. The molecule has 2 heterocycles. The molecule has 0 radical (unpaired) electrons. The monoisotopic (exact) mass is 379 g/mol. The van der Waals surface area contributed by atoms with Gasteiger partial charge in [-0.1, -0.05) is 18.2 Å². The van der Waals surface area contributed by atoms with Gasteiger partial charge in [0, 0.05) is 50.5 Å². The van der Waals surface area contributed by atoms with Gasteiger partial charge < -0.3 is 19.4 Å². The Bertz CT molecular complexity index is 830. The van der Waals surface area contributed by atoms with Crippen molar-refractivity contribution in [1.29, 1.82) is 0 Å². The van der Waals surface area contributed by atoms with Gasteiger partial charge in [-0.2, -0.15) is 0 Å². The van der Waals surface area contributed by atoms with Crippen LogP contribution in [0.3, 0.4) is 0 Å². The number of hydrogen-bond donors (Lipinski definition) is 0. The lowest BCUT2D eigenvalue weighted by molar-refractivity contribution is -0.136. The van der Waals surface area contributed by atoms with Gasteiger partial charge in [-0.25, -0.2) is 0 Å². The summed E-state index contributed by atoms with van der Waals surface area (Å²) in [5, 5.41) is 0. The highest BCUT2D eigenvalue weighted by Crippen LogP contribution is 2.27. The van der Waals surface area contributed by atoms with E-state index in [-0.39, 0.29) is 17.7 Å². The van der Waals surface area contributed by atoms with Crippen LogP contribution in [-0.4, -0.2) is 56.5 Å². The molecule has 4 rings (SSSR count). The van der Waals surface area contributed by atoms with Gasteiger partial charge in [-0.05, 0) is 36.4 Å². The van der Waals surface area contributed by atoms with Gasteiger partial charge >= 0.3 is 0 Å². The van der Waals surface area contributed by atoms with E-state index < -0.39 is 0 Å². The molecule has 28 heavy (non-hydrogen) atoms. The van der Waals surface area contributed by atoms with Crippen LogP contribution in [0.5, 0.6) is 5.75 Å². The van der Waals surface area contributed by atoms with Gasteiger partial charge in [-0.3, -0.25) is 9.59 Å². The Morgan fingerprint density at radius 3 is 2.25 bits per heavy atom. The van der Waals surface area contributed by atoms with Crippen molar-refractivity contribution in [2.24, 2.45) is 5.92 Å². The second-order valence-electron chi connectivity index (χ2n) is 7.25. The molecule has 2 saturated heterocycles. The van der Waals surface area contributed by atoms with Crippen LogP contribution in [0.2, 0.25) is 0 Å². The smallest absolute Gasteiger partial charge is 0.228 e. The third kappa shape index (κ3) is 3.67. The van der Waals surface area contributed by atoms with Crippen LogP contribution in [0.4, 0.5) is 11.4 Å². The summed E-state index contributed by atoms with van der Waals surface area (Å²) < 4.78 is 5.21. The maximum atomic E-state index is 13.0. The number of para-hydroxylation sites is 1. The zero-order chi connectivity index (χ0) is 19.5.